The summed E-state index contributed by atoms with van der Waals surface area (Å²) in [6, 6.07) is 13.8. The number of ether oxygens (including phenoxy) is 2. The van der Waals surface area contributed by atoms with Crippen LogP contribution in [0.2, 0.25) is 0 Å². The fourth-order valence-corrected chi connectivity index (χ4v) is 3.48. The molecule has 0 aliphatic carbocycles. The topological polar surface area (TPSA) is 93.7 Å². The van der Waals surface area contributed by atoms with Crippen LogP contribution in [0.4, 0.5) is 13.2 Å². The van der Waals surface area contributed by atoms with Gasteiger partial charge in [-0.3, -0.25) is 9.59 Å². The Labute approximate surface area is 221 Å². The number of esters is 1. The van der Waals surface area contributed by atoms with Gasteiger partial charge in [-0.05, 0) is 56.4 Å². The van der Waals surface area contributed by atoms with E-state index in [-0.39, 0.29) is 18.8 Å². The molecule has 0 spiro atoms. The second-order valence-corrected chi connectivity index (χ2v) is 10.4. The van der Waals surface area contributed by atoms with E-state index >= 15 is 0 Å². The summed E-state index contributed by atoms with van der Waals surface area (Å²) in [7, 11) is 0. The van der Waals surface area contributed by atoms with Crippen molar-refractivity contribution in [2.75, 3.05) is 0 Å². The lowest BCUT2D eigenvalue weighted by molar-refractivity contribution is -0.175. The highest BCUT2D eigenvalue weighted by atomic mass is 19.4. The number of hydrogen-bond acceptors (Lipinski definition) is 5. The minimum Gasteiger partial charge on any atom is -0.489 e. The highest BCUT2D eigenvalue weighted by Crippen LogP contribution is 2.19. The lowest BCUT2D eigenvalue weighted by Gasteiger charge is -2.27. The summed E-state index contributed by atoms with van der Waals surface area (Å²) >= 11 is 0. The third kappa shape index (κ3) is 10.8. The highest BCUT2D eigenvalue weighted by molar-refractivity contribution is 5.92. The van der Waals surface area contributed by atoms with Gasteiger partial charge < -0.3 is 20.1 Å². The maximum absolute atomic E-state index is 13.0. The second-order valence-electron chi connectivity index (χ2n) is 10.4. The van der Waals surface area contributed by atoms with Crippen molar-refractivity contribution >= 4 is 17.8 Å². The number of carbonyl (C=O) groups excluding carboxylic acids is 3. The molecule has 2 atom stereocenters. The van der Waals surface area contributed by atoms with Crippen molar-refractivity contribution in [1.82, 2.24) is 10.6 Å². The average Bonchev–Trinajstić information content (AvgIpc) is 2.81. The van der Waals surface area contributed by atoms with Crippen LogP contribution in [0.5, 0.6) is 5.75 Å². The molecule has 0 bridgehead atoms. The van der Waals surface area contributed by atoms with E-state index in [1.54, 1.807) is 64.2 Å². The number of halogens is 3. The van der Waals surface area contributed by atoms with Crippen LogP contribution in [0.25, 0.3) is 0 Å². The first-order chi connectivity index (χ1) is 17.6. The molecule has 0 fully saturated rings. The molecule has 10 heteroatoms. The lowest BCUT2D eigenvalue weighted by atomic mass is 10.0. The molecule has 38 heavy (non-hydrogen) atoms. The maximum atomic E-state index is 13.0. The number of carbonyl (C=O) groups is 3. The first-order valence-electron chi connectivity index (χ1n) is 12.3. The Hall–Kier alpha value is -3.56. The lowest BCUT2D eigenvalue weighted by Crippen LogP contribution is -2.55. The van der Waals surface area contributed by atoms with E-state index in [0.29, 0.717) is 17.9 Å². The molecule has 0 radical (unpaired) electrons. The first-order valence-corrected chi connectivity index (χ1v) is 12.3. The minimum atomic E-state index is -5.15. The Kier molecular flexibility index (Phi) is 10.7. The molecule has 208 valence electrons. The standard InChI is InChI=1S/C28H35F3N2O5/c1-18(2)15-22(33-26(36)28(29,30)31)24(34)32-23(25(35)38-27(3,4)5)16-19-11-13-21(14-12-19)37-17-20-9-7-6-8-10-20/h6-14,18,22-23H,15-17H2,1-5H3,(H,32,34)(H,33,36). The molecule has 2 amide bonds. The van der Waals surface area contributed by atoms with Gasteiger partial charge in [0.25, 0.3) is 0 Å². The van der Waals surface area contributed by atoms with E-state index in [1.807, 2.05) is 30.3 Å². The Bertz CT molecular complexity index is 1060. The highest BCUT2D eigenvalue weighted by Gasteiger charge is 2.41. The van der Waals surface area contributed by atoms with E-state index in [9.17, 15) is 27.6 Å². The summed E-state index contributed by atoms with van der Waals surface area (Å²) in [6.45, 7) is 8.76. The Morgan fingerprint density at radius 1 is 0.842 bits per heavy atom. The molecule has 0 saturated heterocycles. The predicted octanol–water partition coefficient (Wildman–Crippen LogP) is 4.73. The molecule has 0 saturated carbocycles. The van der Waals surface area contributed by atoms with Gasteiger partial charge in [0.2, 0.25) is 5.91 Å². The van der Waals surface area contributed by atoms with Crippen LogP contribution in [-0.2, 0) is 32.1 Å². The van der Waals surface area contributed by atoms with Crippen LogP contribution >= 0.6 is 0 Å². The van der Waals surface area contributed by atoms with Gasteiger partial charge in [0.05, 0.1) is 0 Å². The van der Waals surface area contributed by atoms with Crippen molar-refractivity contribution in [2.45, 2.75) is 77.9 Å². The van der Waals surface area contributed by atoms with E-state index in [0.717, 1.165) is 5.56 Å². The van der Waals surface area contributed by atoms with E-state index in [1.165, 1.54) is 0 Å². The monoisotopic (exact) mass is 536 g/mol. The smallest absolute Gasteiger partial charge is 0.471 e. The number of amides is 2. The van der Waals surface area contributed by atoms with E-state index < -0.39 is 41.6 Å². The molecule has 2 unspecified atom stereocenters. The molecular weight excluding hydrogens is 501 g/mol. The van der Waals surface area contributed by atoms with E-state index in [2.05, 4.69) is 5.32 Å². The van der Waals surface area contributed by atoms with Crippen molar-refractivity contribution < 1.29 is 37.0 Å². The van der Waals surface area contributed by atoms with Gasteiger partial charge in [0, 0.05) is 6.42 Å². The fourth-order valence-electron chi connectivity index (χ4n) is 3.48. The van der Waals surface area contributed by atoms with Crippen LogP contribution in [-0.4, -0.2) is 41.6 Å². The molecular formula is C28H35F3N2O5. The van der Waals surface area contributed by atoms with Crippen LogP contribution < -0.4 is 15.4 Å². The maximum Gasteiger partial charge on any atom is 0.471 e. The quantitative estimate of drug-likeness (QED) is 0.405. The third-order valence-electron chi connectivity index (χ3n) is 5.21. The van der Waals surface area contributed by atoms with Crippen LogP contribution in [0.3, 0.4) is 0 Å². The average molecular weight is 537 g/mol. The number of hydrogen-bond donors (Lipinski definition) is 2. The van der Waals surface area contributed by atoms with Gasteiger partial charge in [-0.2, -0.15) is 13.2 Å². The van der Waals surface area contributed by atoms with Gasteiger partial charge in [0.15, 0.2) is 0 Å². The van der Waals surface area contributed by atoms with Crippen LogP contribution in [0.15, 0.2) is 54.6 Å². The molecule has 0 aromatic heterocycles. The fraction of sp³-hybridized carbons (Fsp3) is 0.464. The van der Waals surface area contributed by atoms with Gasteiger partial charge in [-0.1, -0.05) is 56.3 Å². The second kappa shape index (κ2) is 13.3. The van der Waals surface area contributed by atoms with Gasteiger partial charge in [-0.25, -0.2) is 4.79 Å². The summed E-state index contributed by atoms with van der Waals surface area (Å²) in [5, 5.41) is 4.22. The summed E-state index contributed by atoms with van der Waals surface area (Å²) in [5.74, 6) is -3.49. The van der Waals surface area contributed by atoms with Gasteiger partial charge in [-0.15, -0.1) is 0 Å². The van der Waals surface area contributed by atoms with Crippen LogP contribution in [0, 0.1) is 5.92 Å². The zero-order valence-corrected chi connectivity index (χ0v) is 22.2. The minimum absolute atomic E-state index is 0.0151. The molecule has 0 aliphatic heterocycles. The molecule has 0 heterocycles. The molecule has 7 nitrogen and oxygen atoms in total. The molecule has 2 aromatic rings. The van der Waals surface area contributed by atoms with Crippen molar-refractivity contribution in [1.29, 1.82) is 0 Å². The largest absolute Gasteiger partial charge is 0.489 e. The normalized spacial score (nSPS) is 13.4. The van der Waals surface area contributed by atoms with E-state index in [4.69, 9.17) is 9.47 Å². The van der Waals surface area contributed by atoms with Gasteiger partial charge in [0.1, 0.15) is 30.0 Å². The van der Waals surface area contributed by atoms with Crippen molar-refractivity contribution in [3.05, 3.63) is 65.7 Å². The Morgan fingerprint density at radius 3 is 1.97 bits per heavy atom. The zero-order valence-electron chi connectivity index (χ0n) is 22.2. The Balaban J connectivity index is 2.16. The number of benzene rings is 2. The summed E-state index contributed by atoms with van der Waals surface area (Å²) in [6.07, 6.45) is -5.19. The van der Waals surface area contributed by atoms with Gasteiger partial charge >= 0.3 is 18.1 Å². The SMILES string of the molecule is CC(C)CC(NC(=O)C(F)(F)F)C(=O)NC(Cc1ccc(OCc2ccccc2)cc1)C(=O)OC(C)(C)C. The predicted molar refractivity (Wildman–Crippen MR) is 136 cm³/mol. The van der Waals surface area contributed by atoms with Crippen LogP contribution in [0.1, 0.15) is 52.2 Å². The summed E-state index contributed by atoms with van der Waals surface area (Å²) in [5.41, 5.74) is 0.794. The summed E-state index contributed by atoms with van der Waals surface area (Å²) in [4.78, 5) is 37.4. The molecule has 2 rings (SSSR count). The number of nitrogens with one attached hydrogen (secondary N) is 2. The zero-order chi connectivity index (χ0) is 28.5. The molecule has 2 N–H and O–H groups in total. The van der Waals surface area contributed by atoms with Crippen molar-refractivity contribution in [3.8, 4) is 5.75 Å². The number of rotatable bonds is 11. The van der Waals surface area contributed by atoms with Crippen molar-refractivity contribution in [3.63, 3.8) is 0 Å². The molecule has 2 aromatic carbocycles. The van der Waals surface area contributed by atoms with Crippen molar-refractivity contribution in [2.24, 2.45) is 5.92 Å². The number of alkyl halides is 3. The third-order valence-corrected chi connectivity index (χ3v) is 5.21. The molecule has 0 aliphatic rings. The Morgan fingerprint density at radius 2 is 1.45 bits per heavy atom. The summed E-state index contributed by atoms with van der Waals surface area (Å²) < 4.78 is 49.7. The first kappa shape index (κ1) is 30.7.